The van der Waals surface area contributed by atoms with Crippen molar-refractivity contribution in [1.29, 1.82) is 0 Å². The van der Waals surface area contributed by atoms with Gasteiger partial charge in [0.15, 0.2) is 0 Å². The molecular formula is C25H35N5O6. The Labute approximate surface area is 208 Å². The maximum atomic E-state index is 13.1. The van der Waals surface area contributed by atoms with Crippen molar-refractivity contribution < 1.29 is 29.7 Å². The van der Waals surface area contributed by atoms with Crippen molar-refractivity contribution in [1.82, 2.24) is 20.9 Å². The van der Waals surface area contributed by atoms with Crippen LogP contribution in [0.15, 0.2) is 30.5 Å². The van der Waals surface area contributed by atoms with Crippen molar-refractivity contribution in [2.75, 3.05) is 0 Å². The summed E-state index contributed by atoms with van der Waals surface area (Å²) in [6, 6.07) is 4.78. The molecule has 4 rings (SSSR count). The van der Waals surface area contributed by atoms with E-state index in [1.165, 1.54) is 0 Å². The third-order valence-electron chi connectivity index (χ3n) is 7.34. The number of carbonyl (C=O) groups is 3. The smallest absolute Gasteiger partial charge is 0.315 e. The highest BCUT2D eigenvalue weighted by Crippen LogP contribution is 2.30. The molecule has 11 nitrogen and oxygen atoms in total. The minimum absolute atomic E-state index is 0.0208. The lowest BCUT2D eigenvalue weighted by atomic mass is 9.77. The van der Waals surface area contributed by atoms with Crippen molar-refractivity contribution >= 4 is 28.7 Å². The highest BCUT2D eigenvalue weighted by atomic mass is 16.3. The summed E-state index contributed by atoms with van der Waals surface area (Å²) in [5, 5.41) is 40.8. The van der Waals surface area contributed by atoms with Crippen molar-refractivity contribution in [3.05, 3.63) is 36.0 Å². The number of benzene rings is 1. The zero-order chi connectivity index (χ0) is 25.9. The van der Waals surface area contributed by atoms with E-state index in [0.29, 0.717) is 0 Å². The number of carbonyl (C=O) groups excluding carboxylic acids is 3. The molecule has 1 aromatic carbocycles. The van der Waals surface area contributed by atoms with Gasteiger partial charge in [-0.1, -0.05) is 37.5 Å². The first-order chi connectivity index (χ1) is 17.2. The number of nitrogens with one attached hydrogen (secondary N) is 4. The second kappa shape index (κ2) is 10.9. The van der Waals surface area contributed by atoms with E-state index in [1.54, 1.807) is 6.20 Å². The Balaban J connectivity index is 1.42. The lowest BCUT2D eigenvalue weighted by Gasteiger charge is -2.42. The Hall–Kier alpha value is -3.15. The van der Waals surface area contributed by atoms with Gasteiger partial charge in [-0.25, -0.2) is 4.79 Å². The van der Waals surface area contributed by atoms with Crippen LogP contribution in [0.25, 0.3) is 10.9 Å². The van der Waals surface area contributed by atoms with Gasteiger partial charge in [0, 0.05) is 42.4 Å². The number of aliphatic hydroxyl groups excluding tert-OH is 2. The Morgan fingerprint density at radius 1 is 1.08 bits per heavy atom. The molecule has 5 atom stereocenters. The van der Waals surface area contributed by atoms with E-state index in [1.807, 2.05) is 24.3 Å². The quantitative estimate of drug-likeness (QED) is 0.262. The summed E-state index contributed by atoms with van der Waals surface area (Å²) < 4.78 is 0. The van der Waals surface area contributed by atoms with Crippen LogP contribution in [0.2, 0.25) is 0 Å². The number of primary amides is 1. The Morgan fingerprint density at radius 3 is 2.53 bits per heavy atom. The highest BCUT2D eigenvalue weighted by Gasteiger charge is 2.49. The van der Waals surface area contributed by atoms with Crippen LogP contribution in [0.3, 0.4) is 0 Å². The number of rotatable bonds is 7. The van der Waals surface area contributed by atoms with Crippen molar-refractivity contribution in [3.8, 4) is 0 Å². The summed E-state index contributed by atoms with van der Waals surface area (Å²) in [5.41, 5.74) is 5.05. The molecule has 0 aliphatic heterocycles. The average molecular weight is 502 g/mol. The fraction of sp³-hybridized carbons (Fsp3) is 0.560. The van der Waals surface area contributed by atoms with Gasteiger partial charge >= 0.3 is 6.03 Å². The van der Waals surface area contributed by atoms with Gasteiger partial charge in [-0.2, -0.15) is 0 Å². The molecule has 5 unspecified atom stereocenters. The zero-order valence-electron chi connectivity index (χ0n) is 20.1. The monoisotopic (exact) mass is 501 g/mol. The maximum Gasteiger partial charge on any atom is 0.315 e. The van der Waals surface area contributed by atoms with Crippen LogP contribution in [0.4, 0.5) is 4.79 Å². The fourth-order valence-corrected chi connectivity index (χ4v) is 5.30. The van der Waals surface area contributed by atoms with E-state index in [-0.39, 0.29) is 18.9 Å². The van der Waals surface area contributed by atoms with E-state index < -0.39 is 54.2 Å². The van der Waals surface area contributed by atoms with Crippen molar-refractivity contribution in [2.45, 2.75) is 87.3 Å². The number of aromatic amines is 1. The van der Waals surface area contributed by atoms with E-state index in [9.17, 15) is 29.7 Å². The van der Waals surface area contributed by atoms with Gasteiger partial charge in [0.25, 0.3) is 5.91 Å². The third kappa shape index (κ3) is 5.80. The minimum atomic E-state index is -2.13. The van der Waals surface area contributed by atoms with E-state index in [2.05, 4.69) is 20.9 Å². The number of H-pyrrole nitrogens is 1. The molecule has 1 heterocycles. The van der Waals surface area contributed by atoms with Crippen LogP contribution in [0, 0.1) is 0 Å². The van der Waals surface area contributed by atoms with Gasteiger partial charge in [-0.3, -0.25) is 9.59 Å². The molecule has 36 heavy (non-hydrogen) atoms. The van der Waals surface area contributed by atoms with Gasteiger partial charge in [-0.15, -0.1) is 0 Å². The van der Waals surface area contributed by atoms with Crippen LogP contribution in [0.5, 0.6) is 0 Å². The van der Waals surface area contributed by atoms with Crippen LogP contribution in [-0.2, 0) is 16.0 Å². The number of fused-ring (bicyclic) bond motifs is 1. The fourth-order valence-electron chi connectivity index (χ4n) is 5.30. The summed E-state index contributed by atoms with van der Waals surface area (Å²) >= 11 is 0. The molecular weight excluding hydrogens is 466 g/mol. The van der Waals surface area contributed by atoms with Crippen LogP contribution < -0.4 is 21.7 Å². The standard InChI is InChI=1S/C25H35N5O6/c26-22(33)18(10-14-13-27-17-9-5-4-8-16(14)17)29-23(34)25(36)11-19(21(32)20(31)12-25)30-24(35)28-15-6-2-1-3-7-15/h4-5,8-9,13,15,18-21,27,31-32,36H,1-3,6-7,10-12H2,(H2,26,33)(H,29,34)(H2,28,30,35). The Kier molecular flexibility index (Phi) is 7.82. The summed E-state index contributed by atoms with van der Waals surface area (Å²) in [4.78, 5) is 40.9. The number of hydrogen-bond donors (Lipinski definition) is 8. The normalized spacial score (nSPS) is 27.8. The van der Waals surface area contributed by atoms with Crippen LogP contribution in [-0.4, -0.2) is 74.1 Å². The van der Waals surface area contributed by atoms with Gasteiger partial charge in [-0.05, 0) is 24.5 Å². The van der Waals surface area contributed by atoms with Crippen molar-refractivity contribution in [2.24, 2.45) is 5.73 Å². The van der Waals surface area contributed by atoms with Gasteiger partial charge in [0.2, 0.25) is 5.91 Å². The third-order valence-corrected chi connectivity index (χ3v) is 7.34. The largest absolute Gasteiger partial charge is 0.390 e. The first-order valence-electron chi connectivity index (χ1n) is 12.5. The number of aromatic nitrogens is 1. The predicted octanol–water partition coefficient (Wildman–Crippen LogP) is -0.0723. The number of para-hydroxylation sites is 1. The number of amides is 4. The summed E-state index contributed by atoms with van der Waals surface area (Å²) in [6.45, 7) is 0. The predicted molar refractivity (Wildman–Crippen MR) is 132 cm³/mol. The molecule has 0 saturated heterocycles. The summed E-state index contributed by atoms with van der Waals surface area (Å²) in [5.74, 6) is -1.69. The lowest BCUT2D eigenvalue weighted by molar-refractivity contribution is -0.158. The van der Waals surface area contributed by atoms with E-state index in [4.69, 9.17) is 5.73 Å². The second-order valence-electron chi connectivity index (χ2n) is 10.0. The minimum Gasteiger partial charge on any atom is -0.390 e. The molecule has 1 aromatic heterocycles. The summed E-state index contributed by atoms with van der Waals surface area (Å²) in [7, 11) is 0. The first-order valence-corrected chi connectivity index (χ1v) is 12.5. The molecule has 2 fully saturated rings. The van der Waals surface area contributed by atoms with Crippen molar-refractivity contribution in [3.63, 3.8) is 0 Å². The topological polar surface area (TPSA) is 190 Å². The second-order valence-corrected chi connectivity index (χ2v) is 10.0. The van der Waals surface area contributed by atoms with Gasteiger partial charge in [0.1, 0.15) is 17.7 Å². The highest BCUT2D eigenvalue weighted by molar-refractivity contribution is 5.92. The van der Waals surface area contributed by atoms with E-state index in [0.717, 1.165) is 48.6 Å². The molecule has 9 N–H and O–H groups in total. The molecule has 2 aliphatic rings. The molecule has 0 spiro atoms. The summed E-state index contributed by atoms with van der Waals surface area (Å²) in [6.07, 6.45) is 3.09. The SMILES string of the molecule is NC(=O)C(Cc1c[nH]c2ccccc12)NC(=O)C1(O)CC(O)C(O)C(NC(=O)NC2CCCCC2)C1. The zero-order valence-corrected chi connectivity index (χ0v) is 20.1. The Morgan fingerprint density at radius 2 is 1.81 bits per heavy atom. The Bertz CT molecular complexity index is 1100. The van der Waals surface area contributed by atoms with Gasteiger partial charge in [0.05, 0.1) is 12.1 Å². The number of aliphatic hydroxyl groups is 3. The number of urea groups is 1. The number of nitrogens with two attached hydrogens (primary N) is 1. The number of hydrogen-bond acceptors (Lipinski definition) is 6. The van der Waals surface area contributed by atoms with Crippen LogP contribution in [0.1, 0.15) is 50.5 Å². The molecule has 0 bridgehead atoms. The molecule has 4 amide bonds. The maximum absolute atomic E-state index is 13.1. The molecule has 196 valence electrons. The average Bonchev–Trinajstić information content (AvgIpc) is 3.25. The molecule has 0 radical (unpaired) electrons. The molecule has 2 aliphatic carbocycles. The van der Waals surface area contributed by atoms with Crippen LogP contribution >= 0.6 is 0 Å². The lowest BCUT2D eigenvalue weighted by Crippen LogP contribution is -2.65. The molecule has 2 saturated carbocycles. The van der Waals surface area contributed by atoms with E-state index >= 15 is 0 Å². The van der Waals surface area contributed by atoms with Gasteiger partial charge < -0.3 is 42.0 Å². The first kappa shape index (κ1) is 25.9. The molecule has 11 heteroatoms. The molecule has 2 aromatic rings.